The van der Waals surface area contributed by atoms with Gasteiger partial charge in [0.1, 0.15) is 11.2 Å². The Morgan fingerprint density at radius 3 is 1.69 bits per heavy atom. The molecule has 10 rings (SSSR count). The largest absolute Gasteiger partial charge is 0.455 e. The first kappa shape index (κ1) is 20.7. The van der Waals surface area contributed by atoms with Gasteiger partial charge in [-0.25, -0.2) is 0 Å². The molecule has 49 heavy (non-hydrogen) atoms. The molecule has 0 fully saturated rings. The van der Waals surface area contributed by atoms with E-state index < -0.39 is 24.2 Å². The topological polar surface area (TPSA) is 13.1 Å². The molecule has 0 aliphatic carbocycles. The van der Waals surface area contributed by atoms with Crippen molar-refractivity contribution in [2.24, 2.45) is 0 Å². The van der Waals surface area contributed by atoms with Crippen LogP contribution in [0, 0.1) is 0 Å². The van der Waals surface area contributed by atoms with Gasteiger partial charge in [-0.15, -0.1) is 0 Å². The SMILES string of the molecule is [2H]c1c([2H])c([2H])c2c(-c3cccc4oc5c6ccccc6ccc5c34)c3c([2H])c([2H])c([2H])c([2H])c3c(-c3ccc(-c4ccccc4)c(-c4ccccc4)c3)c2c1[2H]. The summed E-state index contributed by atoms with van der Waals surface area (Å²) >= 11 is 0. The number of hydrogen-bond acceptors (Lipinski definition) is 1. The maximum Gasteiger partial charge on any atom is 0.143 e. The predicted molar refractivity (Wildman–Crippen MR) is 208 cm³/mol. The lowest BCUT2D eigenvalue weighted by molar-refractivity contribution is 0.673. The van der Waals surface area contributed by atoms with Crippen molar-refractivity contribution < 1.29 is 15.4 Å². The first-order chi connectivity index (χ1) is 27.7. The molecule has 1 aromatic heterocycles. The van der Waals surface area contributed by atoms with Gasteiger partial charge in [-0.1, -0.05) is 164 Å². The van der Waals surface area contributed by atoms with E-state index >= 15 is 0 Å². The zero-order valence-electron chi connectivity index (χ0n) is 34.1. The second-order valence-electron chi connectivity index (χ2n) is 12.2. The van der Waals surface area contributed by atoms with E-state index in [9.17, 15) is 5.48 Å². The highest BCUT2D eigenvalue weighted by atomic mass is 16.3. The van der Waals surface area contributed by atoms with Gasteiger partial charge in [0, 0.05) is 16.2 Å². The Kier molecular flexibility index (Phi) is 4.69. The summed E-state index contributed by atoms with van der Waals surface area (Å²) in [5.74, 6) is 0. The van der Waals surface area contributed by atoms with E-state index in [1.54, 1.807) is 6.07 Å². The lowest BCUT2D eigenvalue weighted by Crippen LogP contribution is -1.92. The van der Waals surface area contributed by atoms with Crippen molar-refractivity contribution in [3.8, 4) is 44.5 Å². The first-order valence-electron chi connectivity index (χ1n) is 20.2. The van der Waals surface area contributed by atoms with E-state index in [2.05, 4.69) is 0 Å². The third-order valence-corrected chi connectivity index (χ3v) is 9.51. The van der Waals surface area contributed by atoms with Crippen molar-refractivity contribution in [1.29, 1.82) is 0 Å². The molecule has 0 amide bonds. The minimum atomic E-state index is -0.445. The van der Waals surface area contributed by atoms with Gasteiger partial charge in [0.15, 0.2) is 0 Å². The Morgan fingerprint density at radius 1 is 0.388 bits per heavy atom. The molecule has 0 N–H and O–H groups in total. The van der Waals surface area contributed by atoms with E-state index in [-0.39, 0.29) is 51.3 Å². The minimum Gasteiger partial charge on any atom is -0.455 e. The summed E-state index contributed by atoms with van der Waals surface area (Å²) in [4.78, 5) is 0. The maximum absolute atomic E-state index is 9.53. The average Bonchev–Trinajstić information content (AvgIpc) is 3.65. The van der Waals surface area contributed by atoms with Crippen LogP contribution >= 0.6 is 0 Å². The molecule has 0 bridgehead atoms. The summed E-state index contributed by atoms with van der Waals surface area (Å²) in [5, 5.41) is 3.98. The minimum absolute atomic E-state index is 0.157. The molecule has 1 nitrogen and oxygen atoms in total. The fourth-order valence-electron chi connectivity index (χ4n) is 7.37. The van der Waals surface area contributed by atoms with Gasteiger partial charge in [0.05, 0.1) is 11.0 Å². The van der Waals surface area contributed by atoms with Crippen LogP contribution in [0.25, 0.3) is 98.8 Å². The van der Waals surface area contributed by atoms with Crippen molar-refractivity contribution in [3.05, 3.63) is 182 Å². The Labute approximate surface area is 295 Å². The second kappa shape index (κ2) is 11.1. The van der Waals surface area contributed by atoms with Crippen LogP contribution in [0.15, 0.2) is 186 Å². The highest BCUT2D eigenvalue weighted by Gasteiger charge is 2.21. The zero-order valence-corrected chi connectivity index (χ0v) is 26.1. The molecule has 0 spiro atoms. The number of furan rings is 1. The monoisotopic (exact) mass is 630 g/mol. The van der Waals surface area contributed by atoms with Crippen LogP contribution < -0.4 is 0 Å². The number of benzene rings is 9. The average molecular weight is 631 g/mol. The van der Waals surface area contributed by atoms with Gasteiger partial charge in [-0.2, -0.15) is 0 Å². The molecular formula is C48H30O. The maximum atomic E-state index is 9.53. The Morgan fingerprint density at radius 2 is 1.00 bits per heavy atom. The molecule has 0 radical (unpaired) electrons. The van der Waals surface area contributed by atoms with Crippen LogP contribution in [-0.4, -0.2) is 0 Å². The molecule has 10 aromatic rings. The molecule has 1 heteroatoms. The lowest BCUT2D eigenvalue weighted by Gasteiger charge is -2.19. The van der Waals surface area contributed by atoms with Crippen LogP contribution in [0.4, 0.5) is 0 Å². The van der Waals surface area contributed by atoms with E-state index in [1.807, 2.05) is 127 Å². The fourth-order valence-corrected chi connectivity index (χ4v) is 7.37. The van der Waals surface area contributed by atoms with Gasteiger partial charge < -0.3 is 4.42 Å². The predicted octanol–water partition coefficient (Wildman–Crippen LogP) is 13.7. The smallest absolute Gasteiger partial charge is 0.143 e. The molecule has 0 saturated carbocycles. The van der Waals surface area contributed by atoms with Crippen molar-refractivity contribution >= 4 is 54.3 Å². The standard InChI is InChI=1S/C48H30O/c1-3-14-31(15-4-1)35-28-27-34(30-43(35)32-16-5-2-6-17-32)45-37-20-9-11-22-39(37)46(40-23-12-10-21-38(40)45)41-24-13-25-44-47(41)42-29-26-33-18-7-8-19-36(33)48(42)49-44/h1-30H/i9D,10D,11D,12D,20D,21D,22D,23D. The van der Waals surface area contributed by atoms with E-state index in [1.165, 1.54) is 0 Å². The van der Waals surface area contributed by atoms with Crippen molar-refractivity contribution in [2.75, 3.05) is 0 Å². The molecule has 228 valence electrons. The van der Waals surface area contributed by atoms with Crippen LogP contribution in [0.2, 0.25) is 0 Å². The molecule has 9 aromatic carbocycles. The molecular weight excluding hydrogens is 593 g/mol. The van der Waals surface area contributed by atoms with E-state index in [4.69, 9.17) is 9.90 Å². The highest BCUT2D eigenvalue weighted by molar-refractivity contribution is 6.27. The van der Waals surface area contributed by atoms with Crippen molar-refractivity contribution in [1.82, 2.24) is 0 Å². The number of hydrogen-bond donors (Lipinski definition) is 0. The summed E-state index contributed by atoms with van der Waals surface area (Å²) < 4.78 is 80.4. The highest BCUT2D eigenvalue weighted by Crippen LogP contribution is 2.48. The second-order valence-corrected chi connectivity index (χ2v) is 12.2. The fraction of sp³-hybridized carbons (Fsp3) is 0. The summed E-state index contributed by atoms with van der Waals surface area (Å²) in [6, 6.07) is 39.9. The third-order valence-electron chi connectivity index (χ3n) is 9.51. The zero-order chi connectivity index (χ0) is 39.3. The summed E-state index contributed by atoms with van der Waals surface area (Å²) in [6.45, 7) is 0. The van der Waals surface area contributed by atoms with E-state index in [0.29, 0.717) is 33.2 Å². The Balaban J connectivity index is 1.43. The Bertz CT molecular complexity index is 3240. The molecule has 1 heterocycles. The van der Waals surface area contributed by atoms with E-state index in [0.717, 1.165) is 38.4 Å². The molecule has 0 aliphatic heterocycles. The normalized spacial score (nSPS) is 14.0. The van der Waals surface area contributed by atoms with Crippen molar-refractivity contribution in [3.63, 3.8) is 0 Å². The van der Waals surface area contributed by atoms with Gasteiger partial charge in [-0.05, 0) is 89.6 Å². The van der Waals surface area contributed by atoms with Gasteiger partial charge in [0.2, 0.25) is 0 Å². The van der Waals surface area contributed by atoms with Gasteiger partial charge >= 0.3 is 0 Å². The summed E-state index contributed by atoms with van der Waals surface area (Å²) in [6.07, 6.45) is 0. The third kappa shape index (κ3) is 4.33. The Hall–Kier alpha value is -6.44. The van der Waals surface area contributed by atoms with Crippen LogP contribution in [0.3, 0.4) is 0 Å². The lowest BCUT2D eigenvalue weighted by atomic mass is 9.83. The van der Waals surface area contributed by atoms with Crippen LogP contribution in [-0.2, 0) is 0 Å². The van der Waals surface area contributed by atoms with Gasteiger partial charge in [-0.3, -0.25) is 0 Å². The quantitative estimate of drug-likeness (QED) is 0.176. The molecule has 0 unspecified atom stereocenters. The van der Waals surface area contributed by atoms with Gasteiger partial charge in [0.25, 0.3) is 0 Å². The molecule has 0 aliphatic rings. The number of rotatable bonds is 4. The summed E-state index contributed by atoms with van der Waals surface area (Å²) in [5.41, 5.74) is 6.53. The van der Waals surface area contributed by atoms with Crippen molar-refractivity contribution in [2.45, 2.75) is 0 Å². The molecule has 0 saturated heterocycles. The molecule has 0 atom stereocenters. The first-order valence-corrected chi connectivity index (χ1v) is 16.2. The number of fused-ring (bicyclic) bond motifs is 7. The summed E-state index contributed by atoms with van der Waals surface area (Å²) in [7, 11) is 0. The van der Waals surface area contributed by atoms with Crippen LogP contribution in [0.1, 0.15) is 11.0 Å². The van der Waals surface area contributed by atoms with Crippen LogP contribution in [0.5, 0.6) is 0 Å².